The molecule has 10 heterocycles. The van der Waals surface area contributed by atoms with Gasteiger partial charge in [-0.3, -0.25) is 39.4 Å². The quantitative estimate of drug-likeness (QED) is 0.107. The number of piperidine rings is 1. The number of hydrogen-bond acceptors (Lipinski definition) is 12. The molecular formula is C73H81ClN14O2. The van der Waals surface area contributed by atoms with Crippen molar-refractivity contribution >= 4 is 72.5 Å². The Morgan fingerprint density at radius 3 is 1.38 bits per heavy atom. The molecule has 12 aromatic rings. The number of nitrogens with zero attached hydrogens (tertiary/aromatic N) is 12. The molecular weight excluding hydrogens is 1140 g/mol. The van der Waals surface area contributed by atoms with Gasteiger partial charge in [0.1, 0.15) is 0 Å². The summed E-state index contributed by atoms with van der Waals surface area (Å²) in [7, 11) is 0. The smallest absolute Gasteiger partial charge is 0.180 e. The summed E-state index contributed by atoms with van der Waals surface area (Å²) < 4.78 is 6.17. The third kappa shape index (κ3) is 16.3. The Hall–Kier alpha value is -10.6. The number of aromatic nitrogens is 9. The topological polar surface area (TPSA) is 230 Å². The van der Waals surface area contributed by atoms with Gasteiger partial charge in [-0.15, -0.1) is 11.6 Å². The predicted molar refractivity (Wildman–Crippen MR) is 369 cm³/mol. The highest BCUT2D eigenvalue weighted by Crippen LogP contribution is 2.32. The van der Waals surface area contributed by atoms with Gasteiger partial charge in [-0.05, 0) is 181 Å². The minimum absolute atomic E-state index is 0. The van der Waals surface area contributed by atoms with Crippen LogP contribution in [-0.2, 0) is 0 Å². The average Bonchev–Trinajstić information content (AvgIpc) is 1.66. The minimum Gasteiger partial charge on any atom is -0.397 e. The minimum atomic E-state index is -0.109. The van der Waals surface area contributed by atoms with Crippen molar-refractivity contribution in [1.29, 1.82) is 15.8 Å². The van der Waals surface area contributed by atoms with Gasteiger partial charge in [0, 0.05) is 110 Å². The second-order valence-corrected chi connectivity index (χ2v) is 20.6. The lowest BCUT2D eigenvalue weighted by molar-refractivity contribution is 0.0916. The van der Waals surface area contributed by atoms with Gasteiger partial charge in [0.15, 0.2) is 11.6 Å². The Morgan fingerprint density at radius 2 is 0.933 bits per heavy atom. The van der Waals surface area contributed by atoms with Crippen LogP contribution in [0, 0.1) is 68.6 Å². The van der Waals surface area contributed by atoms with Crippen LogP contribution in [0.4, 0.5) is 5.69 Å². The van der Waals surface area contributed by atoms with E-state index < -0.39 is 0 Å². The second kappa shape index (κ2) is 33.5. The van der Waals surface area contributed by atoms with Gasteiger partial charge in [0.05, 0.1) is 99.9 Å². The van der Waals surface area contributed by atoms with Gasteiger partial charge in [0.25, 0.3) is 0 Å². The number of carbonyl (C=O) groups excluding carboxylic acids is 2. The number of carbonyl (C=O) groups is 2. The number of hydrogen-bond donors (Lipinski definition) is 2. The van der Waals surface area contributed by atoms with Crippen molar-refractivity contribution < 1.29 is 9.59 Å². The number of halogens is 1. The predicted octanol–water partition coefficient (Wildman–Crippen LogP) is 16.7. The largest absolute Gasteiger partial charge is 0.397 e. The normalized spacial score (nSPS) is 11.1. The Morgan fingerprint density at radius 1 is 0.511 bits per heavy atom. The fourth-order valence-corrected chi connectivity index (χ4v) is 10.7. The molecule has 3 N–H and O–H groups in total. The molecule has 462 valence electrons. The molecule has 1 aliphatic rings. The second-order valence-electron chi connectivity index (χ2n) is 20.4. The molecule has 17 heteroatoms. The highest BCUT2D eigenvalue weighted by molar-refractivity contribution is 6.32. The first-order chi connectivity index (χ1) is 41.3. The number of H-pyrrole nitrogens is 1. The Bertz CT molecular complexity index is 4400. The first-order valence-corrected chi connectivity index (χ1v) is 28.1. The van der Waals surface area contributed by atoms with E-state index in [4.69, 9.17) is 33.1 Å². The fourth-order valence-electron chi connectivity index (χ4n) is 10.5. The van der Waals surface area contributed by atoms with Crippen molar-refractivity contribution in [3.05, 3.63) is 233 Å². The van der Waals surface area contributed by atoms with E-state index in [0.29, 0.717) is 28.8 Å². The molecule has 1 aliphatic heterocycles. The van der Waals surface area contributed by atoms with Crippen LogP contribution >= 0.6 is 11.6 Å². The summed E-state index contributed by atoms with van der Waals surface area (Å²) in [6, 6.07) is 42.4. The molecule has 1 saturated heterocycles. The molecule has 0 saturated carbocycles. The molecule has 0 unspecified atom stereocenters. The van der Waals surface area contributed by atoms with Crippen LogP contribution in [0.5, 0.6) is 0 Å². The maximum atomic E-state index is 13.2. The molecule has 90 heavy (non-hydrogen) atoms. The van der Waals surface area contributed by atoms with Gasteiger partial charge in [0.2, 0.25) is 0 Å². The van der Waals surface area contributed by atoms with Gasteiger partial charge >= 0.3 is 0 Å². The SMILES string of the molecule is C.C.C.C.C.Cc1c(C(=O)CCl)c2ccncc2n1-c1ccc(C#N)cc1.Cc1c(C(=O)CN2CCCCC2)c2ccncc2n1-c1ccc(C#N)cc1.Cc1cc2ccncc2[nH]1.Cc1cc2ccncc2n1-c1ccc(C#N)cc1.Cc1ccncc1N. The fraction of sp³-hybridized carbons (Fsp3) is 0.233. The number of alkyl halides is 1. The molecule has 16 nitrogen and oxygen atoms in total. The summed E-state index contributed by atoms with van der Waals surface area (Å²) in [4.78, 5) is 51.2. The van der Waals surface area contributed by atoms with Crippen molar-refractivity contribution in [3.8, 4) is 35.3 Å². The highest BCUT2D eigenvalue weighted by Gasteiger charge is 2.24. The molecule has 0 amide bonds. The number of ketones is 2. The number of likely N-dealkylation sites (tertiary alicyclic amines) is 1. The molecule has 9 aromatic heterocycles. The maximum Gasteiger partial charge on any atom is 0.180 e. The zero-order chi connectivity index (χ0) is 60.0. The zero-order valence-electron chi connectivity index (χ0n) is 47.8. The van der Waals surface area contributed by atoms with Crippen molar-refractivity contribution in [1.82, 2.24) is 48.5 Å². The number of nitrogen functional groups attached to an aromatic ring is 1. The summed E-state index contributed by atoms with van der Waals surface area (Å²) in [6.45, 7) is 12.4. The zero-order valence-corrected chi connectivity index (χ0v) is 48.6. The number of Topliss-reactive ketones (excluding diaryl/α,β-unsaturated/α-hetero) is 2. The lowest BCUT2D eigenvalue weighted by atomic mass is 10.1. The van der Waals surface area contributed by atoms with E-state index in [1.807, 2.05) is 124 Å². The number of rotatable bonds is 8. The number of nitrogens with one attached hydrogen (secondary N) is 1. The standard InChI is InChI=1S/C22H22N4O.C17H12ClN3O.C15H11N3.C8H8N2.C6H8N2.5CH4/c1-16-22(21(27)15-25-11-3-2-4-12-25)19-9-10-24-14-20(19)26(16)18-7-5-17(13-23)6-8-18;1-11-17(16(22)8-18)14-6-7-20-10-15(14)21(11)13-4-2-12(9-19)3-5-13;1-11-8-13-6-7-17-10-15(13)18(11)14-4-2-12(9-16)3-5-14;1-6-4-7-2-3-9-5-8(7)10-6;1-5-2-3-8-4-6(5)7;;;;;/h5-10,14H,2-4,11-12,15H2,1H3;2-7,10H,8H2,1H3;2-8,10H,1H3;2-5,10H,1H3;2-4H,7H2,1H3;5*1H4. The number of nitriles is 3. The van der Waals surface area contributed by atoms with E-state index in [1.54, 1.807) is 73.8 Å². The highest BCUT2D eigenvalue weighted by atomic mass is 35.5. The van der Waals surface area contributed by atoms with Gasteiger partial charge in [-0.25, -0.2) is 0 Å². The maximum absolute atomic E-state index is 13.2. The summed E-state index contributed by atoms with van der Waals surface area (Å²) >= 11 is 5.74. The molecule has 0 radical (unpaired) electrons. The molecule has 0 aliphatic carbocycles. The van der Waals surface area contributed by atoms with Crippen LogP contribution in [0.3, 0.4) is 0 Å². The summed E-state index contributed by atoms with van der Waals surface area (Å²) in [5.74, 6) is -0.00362. The Kier molecular flexibility index (Phi) is 26.8. The molecule has 0 bridgehead atoms. The van der Waals surface area contributed by atoms with Crippen LogP contribution in [0.2, 0.25) is 0 Å². The van der Waals surface area contributed by atoms with Crippen molar-refractivity contribution in [2.75, 3.05) is 31.2 Å². The van der Waals surface area contributed by atoms with Gasteiger partial charge in [-0.1, -0.05) is 43.6 Å². The van der Waals surface area contributed by atoms with Crippen LogP contribution in [0.25, 0.3) is 60.7 Å². The van der Waals surface area contributed by atoms with Crippen LogP contribution < -0.4 is 5.73 Å². The molecule has 1 fully saturated rings. The van der Waals surface area contributed by atoms with Gasteiger partial charge < -0.3 is 24.4 Å². The lowest BCUT2D eigenvalue weighted by Gasteiger charge is -2.25. The van der Waals surface area contributed by atoms with Crippen molar-refractivity contribution in [3.63, 3.8) is 0 Å². The van der Waals surface area contributed by atoms with E-state index in [9.17, 15) is 9.59 Å². The number of benzene rings is 3. The number of pyridine rings is 5. The molecule has 0 spiro atoms. The number of fused-ring (bicyclic) bond motifs is 4. The number of anilines is 1. The van der Waals surface area contributed by atoms with E-state index in [1.165, 1.54) is 35.7 Å². The first kappa shape index (κ1) is 71.9. The first-order valence-electron chi connectivity index (χ1n) is 27.6. The molecule has 0 atom stereocenters. The van der Waals surface area contributed by atoms with Crippen LogP contribution in [0.15, 0.2) is 177 Å². The number of nitrogens with two attached hydrogens (primary N) is 1. The van der Waals surface area contributed by atoms with E-state index in [0.717, 1.165) is 96.9 Å². The number of aromatic amines is 1. The van der Waals surface area contributed by atoms with E-state index in [2.05, 4.69) is 81.2 Å². The van der Waals surface area contributed by atoms with Crippen LogP contribution in [-0.4, -0.2) is 85.6 Å². The lowest BCUT2D eigenvalue weighted by Crippen LogP contribution is -2.34. The van der Waals surface area contributed by atoms with Gasteiger partial charge in [-0.2, -0.15) is 15.8 Å². The van der Waals surface area contributed by atoms with Crippen LogP contribution in [0.1, 0.15) is 122 Å². The molecule has 3 aromatic carbocycles. The molecule has 13 rings (SSSR count). The monoisotopic (exact) mass is 1220 g/mol. The van der Waals surface area contributed by atoms with Crippen molar-refractivity contribution in [2.45, 2.75) is 91.0 Å². The Labute approximate surface area is 534 Å². The summed E-state index contributed by atoms with van der Waals surface area (Å²) in [5, 5.41) is 30.9. The third-order valence-electron chi connectivity index (χ3n) is 14.7. The van der Waals surface area contributed by atoms with Crippen molar-refractivity contribution in [2.24, 2.45) is 0 Å². The average molecular weight is 1220 g/mol. The number of aryl methyl sites for hydroxylation is 3. The third-order valence-corrected chi connectivity index (χ3v) is 14.9. The Balaban J connectivity index is 0.000000250. The van der Waals surface area contributed by atoms with E-state index in [-0.39, 0.29) is 54.6 Å². The van der Waals surface area contributed by atoms with E-state index >= 15 is 0 Å². The summed E-state index contributed by atoms with van der Waals surface area (Å²) in [5.41, 5.74) is 21.5. The summed E-state index contributed by atoms with van der Waals surface area (Å²) in [6.07, 6.45) is 21.2.